The van der Waals surface area contributed by atoms with Gasteiger partial charge in [0, 0.05) is 6.42 Å². The molecule has 0 spiro atoms. The molecule has 1 amide bonds. The number of hydrogen-bond donors (Lipinski definition) is 6. The Morgan fingerprint density at radius 2 is 0.663 bits per heavy atom. The number of amides is 1. The highest BCUT2D eigenvalue weighted by Gasteiger charge is 2.44. The lowest BCUT2D eigenvalue weighted by atomic mass is 9.99. The number of aliphatic hydroxyl groups excluding tert-OH is 5. The number of carbonyl (C=O) groups is 1. The minimum Gasteiger partial charge on any atom is -0.394 e. The Hall–Kier alpha value is -3.67. The summed E-state index contributed by atoms with van der Waals surface area (Å²) < 4.78 is 11.3. The van der Waals surface area contributed by atoms with Crippen LogP contribution in [0.4, 0.5) is 0 Å². The number of ether oxygens (including phenoxy) is 2. The van der Waals surface area contributed by atoms with Gasteiger partial charge in [-0.1, -0.05) is 372 Å². The van der Waals surface area contributed by atoms with E-state index >= 15 is 0 Å². The highest BCUT2D eigenvalue weighted by atomic mass is 16.7. The second-order valence-electron chi connectivity index (χ2n) is 27.1. The van der Waals surface area contributed by atoms with Gasteiger partial charge in [0.05, 0.1) is 25.4 Å². The molecule has 1 heterocycles. The van der Waals surface area contributed by atoms with Crippen molar-refractivity contribution < 1.29 is 39.8 Å². The van der Waals surface area contributed by atoms with Gasteiger partial charge in [-0.2, -0.15) is 0 Å². The predicted octanol–water partition coefficient (Wildman–Crippen LogP) is 23.1. The Kier molecular flexibility index (Phi) is 68.7. The lowest BCUT2D eigenvalue weighted by Crippen LogP contribution is -2.60. The molecule has 1 aliphatic heterocycles. The van der Waals surface area contributed by atoms with Gasteiger partial charge in [-0.05, 0) is 103 Å². The number of unbranched alkanes of at least 4 members (excludes halogenated alkanes) is 39. The minimum atomic E-state index is -1.58. The Bertz CT molecular complexity index is 1980. The van der Waals surface area contributed by atoms with Crippen molar-refractivity contribution in [3.05, 3.63) is 134 Å². The lowest BCUT2D eigenvalue weighted by Gasteiger charge is -2.40. The van der Waals surface area contributed by atoms with E-state index in [1.54, 1.807) is 6.08 Å². The molecule has 7 unspecified atom stereocenters. The summed E-state index contributed by atoms with van der Waals surface area (Å²) in [5.74, 6) is -0.191. The number of carbonyl (C=O) groups excluding carboxylic acids is 1. The largest absolute Gasteiger partial charge is 0.394 e. The molecule has 0 radical (unpaired) electrons. The Labute approximate surface area is 585 Å². The second-order valence-corrected chi connectivity index (χ2v) is 27.1. The fourth-order valence-electron chi connectivity index (χ4n) is 12.1. The van der Waals surface area contributed by atoms with Crippen molar-refractivity contribution >= 4 is 5.91 Å². The first-order valence-corrected chi connectivity index (χ1v) is 39.9. The van der Waals surface area contributed by atoms with Crippen molar-refractivity contribution in [2.75, 3.05) is 13.2 Å². The van der Waals surface area contributed by atoms with Crippen LogP contribution >= 0.6 is 0 Å². The average Bonchev–Trinajstić information content (AvgIpc) is 0.836. The summed E-state index contributed by atoms with van der Waals surface area (Å²) in [5.41, 5.74) is 0. The minimum absolute atomic E-state index is 0.191. The third-order valence-electron chi connectivity index (χ3n) is 18.2. The normalized spacial score (nSPS) is 18.2. The van der Waals surface area contributed by atoms with Crippen LogP contribution in [0, 0.1) is 0 Å². The van der Waals surface area contributed by atoms with Crippen LogP contribution in [0.2, 0.25) is 0 Å². The van der Waals surface area contributed by atoms with Crippen LogP contribution in [0.25, 0.3) is 0 Å². The van der Waals surface area contributed by atoms with E-state index < -0.39 is 49.5 Å². The van der Waals surface area contributed by atoms with Crippen LogP contribution in [0.15, 0.2) is 134 Å². The maximum Gasteiger partial charge on any atom is 0.220 e. The lowest BCUT2D eigenvalue weighted by molar-refractivity contribution is -0.302. The zero-order chi connectivity index (χ0) is 68.5. The van der Waals surface area contributed by atoms with Gasteiger partial charge in [0.1, 0.15) is 24.4 Å². The molecule has 0 bridgehead atoms. The number of rotatable bonds is 69. The molecule has 6 N–H and O–H groups in total. The van der Waals surface area contributed by atoms with Crippen LogP contribution in [0.5, 0.6) is 0 Å². The van der Waals surface area contributed by atoms with E-state index in [2.05, 4.69) is 141 Å². The number of aliphatic hydroxyl groups is 5. The van der Waals surface area contributed by atoms with Crippen molar-refractivity contribution in [3.8, 4) is 0 Å². The molecule has 1 rings (SSSR count). The molecule has 1 fully saturated rings. The van der Waals surface area contributed by atoms with E-state index in [-0.39, 0.29) is 12.5 Å². The van der Waals surface area contributed by atoms with Gasteiger partial charge < -0.3 is 40.3 Å². The molecule has 0 aromatic rings. The van der Waals surface area contributed by atoms with Crippen LogP contribution in [0.3, 0.4) is 0 Å². The predicted molar refractivity (Wildman–Crippen MR) is 410 cm³/mol. The van der Waals surface area contributed by atoms with Crippen molar-refractivity contribution in [2.45, 2.75) is 391 Å². The Balaban J connectivity index is 2.13. The molecule has 0 aliphatic carbocycles. The summed E-state index contributed by atoms with van der Waals surface area (Å²) >= 11 is 0. The standard InChI is InChI=1S/C86H149NO8/c1-3-5-7-9-11-13-15-17-19-21-23-25-27-29-31-33-35-37-38-39-40-41-42-44-46-48-50-52-54-56-58-60-62-64-66-68-70-72-74-76-82(90)87-79(78-94-86-85(93)84(92)83(91)81(77-88)95-86)80(89)75-73-71-69-67-65-63-61-59-57-55-53-51-49-47-45-43-36-34-32-30-28-26-24-22-20-18-16-14-12-10-8-6-4-2/h5,7,11,13,17,19,23,25,29,31,35,37,39-40,42,44,48,50,65,67,73,75,79-81,83-86,88-89,91-93H,3-4,6,8-10,12,14-16,18,20-22,24,26-28,30,32-34,36,38,41,43,45-47,49,51-64,66,68-72,74,76-78H2,1-2H3,(H,87,90)/b7-5-,13-11-,19-17-,25-23-,31-29-,37-35-,40-39-,44-42-,50-48-,67-65+,75-73+. The average molecular weight is 1330 g/mol. The van der Waals surface area contributed by atoms with Gasteiger partial charge in [0.25, 0.3) is 0 Å². The molecule has 95 heavy (non-hydrogen) atoms. The van der Waals surface area contributed by atoms with E-state index in [9.17, 15) is 30.3 Å². The van der Waals surface area contributed by atoms with Crippen molar-refractivity contribution in [2.24, 2.45) is 0 Å². The zero-order valence-corrected chi connectivity index (χ0v) is 61.4. The molecule has 9 heteroatoms. The maximum atomic E-state index is 13.2. The number of nitrogens with one attached hydrogen (secondary N) is 1. The van der Waals surface area contributed by atoms with Gasteiger partial charge in [0.15, 0.2) is 6.29 Å². The molecular formula is C86H149NO8. The summed E-state index contributed by atoms with van der Waals surface area (Å²) in [6.07, 6.45) is 104. The molecule has 7 atom stereocenters. The third-order valence-corrected chi connectivity index (χ3v) is 18.2. The molecular weight excluding hydrogens is 1170 g/mol. The van der Waals surface area contributed by atoms with E-state index in [0.29, 0.717) is 6.42 Å². The maximum absolute atomic E-state index is 13.2. The fourth-order valence-corrected chi connectivity index (χ4v) is 12.1. The summed E-state index contributed by atoms with van der Waals surface area (Å²) in [6.45, 7) is 3.68. The van der Waals surface area contributed by atoms with E-state index in [1.807, 2.05) is 6.08 Å². The molecule has 9 nitrogen and oxygen atoms in total. The first kappa shape index (κ1) is 89.3. The molecule has 0 aromatic carbocycles. The Morgan fingerprint density at radius 3 is 1.01 bits per heavy atom. The summed E-state index contributed by atoms with van der Waals surface area (Å²) in [4.78, 5) is 13.2. The first-order chi connectivity index (χ1) is 46.8. The molecule has 1 aliphatic rings. The van der Waals surface area contributed by atoms with Crippen LogP contribution in [-0.2, 0) is 14.3 Å². The quantitative estimate of drug-likeness (QED) is 0.0261. The van der Waals surface area contributed by atoms with Crippen molar-refractivity contribution in [3.63, 3.8) is 0 Å². The van der Waals surface area contributed by atoms with E-state index in [0.717, 1.165) is 109 Å². The fraction of sp³-hybridized carbons (Fsp3) is 0.733. The van der Waals surface area contributed by atoms with E-state index in [1.165, 1.54) is 218 Å². The van der Waals surface area contributed by atoms with Crippen molar-refractivity contribution in [1.29, 1.82) is 0 Å². The van der Waals surface area contributed by atoms with Gasteiger partial charge in [0.2, 0.25) is 5.91 Å². The third kappa shape index (κ3) is 61.2. The van der Waals surface area contributed by atoms with Gasteiger partial charge in [-0.15, -0.1) is 0 Å². The summed E-state index contributed by atoms with van der Waals surface area (Å²) in [6, 6.07) is -0.835. The topological polar surface area (TPSA) is 149 Å². The second kappa shape index (κ2) is 73.1. The molecule has 546 valence electrons. The summed E-state index contributed by atoms with van der Waals surface area (Å²) in [7, 11) is 0. The zero-order valence-electron chi connectivity index (χ0n) is 61.4. The van der Waals surface area contributed by atoms with Crippen LogP contribution < -0.4 is 5.32 Å². The monoisotopic (exact) mass is 1320 g/mol. The number of allylic oxidation sites excluding steroid dienone is 21. The molecule has 1 saturated heterocycles. The van der Waals surface area contributed by atoms with Gasteiger partial charge >= 0.3 is 0 Å². The van der Waals surface area contributed by atoms with Crippen molar-refractivity contribution in [1.82, 2.24) is 5.32 Å². The van der Waals surface area contributed by atoms with E-state index in [4.69, 9.17) is 9.47 Å². The highest BCUT2D eigenvalue weighted by molar-refractivity contribution is 5.76. The number of hydrogen-bond acceptors (Lipinski definition) is 8. The smallest absolute Gasteiger partial charge is 0.220 e. The SMILES string of the molecule is CC/C=C\C/C=C\C/C=C\C/C=C\C/C=C\C/C=C\C/C=C\C/C=C\C/C=C\CCCCCCCCCCCCCC(=O)NC(COC1OC(CO)C(O)C(O)C1O)C(O)/C=C/CC/C=C/CCCCCCCCCCCCCCCCCCCCCCCCCCCCC. The summed E-state index contributed by atoms with van der Waals surface area (Å²) in [5, 5.41) is 54.9. The van der Waals surface area contributed by atoms with Gasteiger partial charge in [-0.25, -0.2) is 0 Å². The van der Waals surface area contributed by atoms with Crippen LogP contribution in [0.1, 0.15) is 348 Å². The first-order valence-electron chi connectivity index (χ1n) is 39.9. The molecule has 0 aromatic heterocycles. The van der Waals surface area contributed by atoms with Crippen LogP contribution in [-0.4, -0.2) is 87.5 Å². The molecule has 0 saturated carbocycles. The van der Waals surface area contributed by atoms with Gasteiger partial charge in [-0.3, -0.25) is 4.79 Å². The Morgan fingerprint density at radius 1 is 0.368 bits per heavy atom. The highest BCUT2D eigenvalue weighted by Crippen LogP contribution is 2.23.